The van der Waals surface area contributed by atoms with Crippen LogP contribution in [0.25, 0.3) is 0 Å². The van der Waals surface area contributed by atoms with E-state index in [9.17, 15) is 10.1 Å². The Kier molecular flexibility index (Phi) is 7.10. The van der Waals surface area contributed by atoms with E-state index < -0.39 is 0 Å². The predicted octanol–water partition coefficient (Wildman–Crippen LogP) is 6.37. The van der Waals surface area contributed by atoms with E-state index in [-0.39, 0.29) is 28.9 Å². The molecule has 204 valence electrons. The van der Waals surface area contributed by atoms with Crippen molar-refractivity contribution in [2.45, 2.75) is 85.9 Å². The van der Waals surface area contributed by atoms with Gasteiger partial charge in [-0.1, -0.05) is 40.5 Å². The van der Waals surface area contributed by atoms with E-state index in [0.717, 1.165) is 30.1 Å². The molecule has 0 bridgehead atoms. The van der Waals surface area contributed by atoms with Gasteiger partial charge in [-0.15, -0.1) is 0 Å². The third-order valence-electron chi connectivity index (χ3n) is 8.91. The van der Waals surface area contributed by atoms with Crippen LogP contribution in [0.3, 0.4) is 0 Å². The Hall–Kier alpha value is -3.51. The maximum absolute atomic E-state index is 13.6. The molecule has 6 nitrogen and oxygen atoms in total. The molecule has 2 saturated carbocycles. The topological polar surface area (TPSA) is 75.5 Å². The second-order valence-corrected chi connectivity index (χ2v) is 12.6. The summed E-state index contributed by atoms with van der Waals surface area (Å²) < 4.78 is 12.2. The molecule has 2 fully saturated rings. The highest BCUT2D eigenvalue weighted by atomic mass is 16.5. The fraction of sp³-hybridized carbons (Fsp3) is 0.545. The highest BCUT2D eigenvalue weighted by Crippen LogP contribution is 2.59. The van der Waals surface area contributed by atoms with E-state index in [0.29, 0.717) is 41.7 Å². The quantitative estimate of drug-likeness (QED) is 0.424. The molecule has 1 amide bonds. The van der Waals surface area contributed by atoms with Gasteiger partial charge in [0.15, 0.2) is 0 Å². The molecule has 6 heteroatoms. The fourth-order valence-corrected chi connectivity index (χ4v) is 7.36. The molecule has 3 aliphatic rings. The van der Waals surface area contributed by atoms with Gasteiger partial charge in [0.2, 0.25) is 0 Å². The van der Waals surface area contributed by atoms with Crippen LogP contribution in [-0.4, -0.2) is 34.5 Å². The number of aromatic nitrogens is 1. The molecule has 1 aliphatic heterocycles. The van der Waals surface area contributed by atoms with Gasteiger partial charge in [0.1, 0.15) is 29.4 Å². The van der Waals surface area contributed by atoms with Crippen LogP contribution in [0.1, 0.15) is 94.5 Å². The van der Waals surface area contributed by atoms with Crippen molar-refractivity contribution in [1.82, 2.24) is 9.88 Å². The van der Waals surface area contributed by atoms with Crippen LogP contribution in [-0.2, 0) is 6.54 Å². The number of nitrogens with zero attached hydrogens (tertiary/aromatic N) is 3. The summed E-state index contributed by atoms with van der Waals surface area (Å²) in [6.07, 6.45) is 4.68. The average Bonchev–Trinajstić information content (AvgIpc) is 3.21. The summed E-state index contributed by atoms with van der Waals surface area (Å²) in [6.45, 7) is 13.8. The summed E-state index contributed by atoms with van der Waals surface area (Å²) in [5, 5.41) is 9.39. The number of pyridine rings is 1. The first kappa shape index (κ1) is 27.1. The zero-order valence-electron chi connectivity index (χ0n) is 24.0. The third-order valence-corrected chi connectivity index (χ3v) is 8.91. The van der Waals surface area contributed by atoms with Crippen LogP contribution < -0.4 is 9.47 Å². The number of rotatable bonds is 5. The van der Waals surface area contributed by atoms with Gasteiger partial charge in [0.05, 0.1) is 30.0 Å². The maximum Gasteiger partial charge on any atom is 0.256 e. The van der Waals surface area contributed by atoms with E-state index in [4.69, 9.17) is 14.5 Å². The SMILES string of the molecule is CCOc1cc(O[C@H]2C(C)(C)[C@H](N3Cc4nc(C#C[C@H]5CC[C@H](C)CC5)ccc4C3=O)C2(C)C)ccc1C#N. The highest BCUT2D eigenvalue weighted by Gasteiger charge is 2.67. The number of ether oxygens (including phenoxy) is 2. The molecule has 0 N–H and O–H groups in total. The number of hydrogen-bond donors (Lipinski definition) is 0. The lowest BCUT2D eigenvalue weighted by atomic mass is 9.49. The van der Waals surface area contributed by atoms with Crippen molar-refractivity contribution in [3.05, 3.63) is 52.8 Å². The monoisotopic (exact) mass is 525 g/mol. The zero-order valence-corrected chi connectivity index (χ0v) is 24.0. The van der Waals surface area contributed by atoms with Crippen molar-refractivity contribution in [3.63, 3.8) is 0 Å². The van der Waals surface area contributed by atoms with Crippen LogP contribution in [0.15, 0.2) is 30.3 Å². The standard InChI is InChI=1S/C33H39N3O3/c1-7-38-28-18-25(16-13-23(28)19-34)39-31-32(3,4)30(33(31,5)6)36-20-27-26(29(36)37)17-15-24(35-27)14-12-22-10-8-21(2)9-11-22/h13,15-18,21-22,30-31H,7-11,20H2,1-6H3/t21-,22-,30-,31-. The molecule has 1 aromatic carbocycles. The summed E-state index contributed by atoms with van der Waals surface area (Å²) in [5.41, 5.74) is 2.12. The minimum atomic E-state index is -0.304. The summed E-state index contributed by atoms with van der Waals surface area (Å²) in [7, 11) is 0. The van der Waals surface area contributed by atoms with Gasteiger partial charge in [0.25, 0.3) is 5.91 Å². The Morgan fingerprint density at radius 3 is 2.46 bits per heavy atom. The number of carbonyl (C=O) groups is 1. The average molecular weight is 526 g/mol. The molecular weight excluding hydrogens is 486 g/mol. The molecule has 2 aliphatic carbocycles. The minimum absolute atomic E-state index is 0.0276. The van der Waals surface area contributed by atoms with Gasteiger partial charge in [0, 0.05) is 28.9 Å². The van der Waals surface area contributed by atoms with Crippen molar-refractivity contribution in [3.8, 4) is 29.4 Å². The minimum Gasteiger partial charge on any atom is -0.492 e. The largest absolute Gasteiger partial charge is 0.492 e. The highest BCUT2D eigenvalue weighted by molar-refractivity contribution is 5.98. The van der Waals surface area contributed by atoms with Crippen molar-refractivity contribution in [1.29, 1.82) is 5.26 Å². The van der Waals surface area contributed by atoms with E-state index in [1.165, 1.54) is 12.8 Å². The molecule has 39 heavy (non-hydrogen) atoms. The fourth-order valence-electron chi connectivity index (χ4n) is 7.36. The summed E-state index contributed by atoms with van der Waals surface area (Å²) >= 11 is 0. The second kappa shape index (κ2) is 10.2. The lowest BCUT2D eigenvalue weighted by Crippen LogP contribution is -2.74. The molecule has 0 atom stereocenters. The second-order valence-electron chi connectivity index (χ2n) is 12.6. The maximum atomic E-state index is 13.6. The van der Waals surface area contributed by atoms with Crippen LogP contribution >= 0.6 is 0 Å². The van der Waals surface area contributed by atoms with Gasteiger partial charge in [-0.25, -0.2) is 4.98 Å². The molecule has 1 aromatic heterocycles. The molecular formula is C33H39N3O3. The Morgan fingerprint density at radius 2 is 1.79 bits per heavy atom. The first-order valence-corrected chi connectivity index (χ1v) is 14.2. The Balaban J connectivity index is 1.32. The van der Waals surface area contributed by atoms with Crippen molar-refractivity contribution >= 4 is 5.91 Å². The van der Waals surface area contributed by atoms with Crippen LogP contribution in [0.2, 0.25) is 0 Å². The molecule has 0 unspecified atom stereocenters. The van der Waals surface area contributed by atoms with Crippen LogP contribution in [0.4, 0.5) is 0 Å². The van der Waals surface area contributed by atoms with E-state index in [1.807, 2.05) is 30.0 Å². The third kappa shape index (κ3) is 4.87. The Morgan fingerprint density at radius 1 is 1.08 bits per heavy atom. The molecule has 2 aromatic rings. The van der Waals surface area contributed by atoms with Gasteiger partial charge >= 0.3 is 0 Å². The van der Waals surface area contributed by atoms with Crippen LogP contribution in [0.5, 0.6) is 11.5 Å². The van der Waals surface area contributed by atoms with Crippen molar-refractivity contribution in [2.24, 2.45) is 22.7 Å². The zero-order chi connectivity index (χ0) is 27.9. The number of fused-ring (bicyclic) bond motifs is 1. The number of carbonyl (C=O) groups excluding carboxylic acids is 1. The molecule has 0 spiro atoms. The summed E-state index contributed by atoms with van der Waals surface area (Å²) in [5.74, 6) is 9.20. The first-order valence-electron chi connectivity index (χ1n) is 14.2. The van der Waals surface area contributed by atoms with E-state index in [1.54, 1.807) is 12.1 Å². The van der Waals surface area contributed by atoms with Gasteiger partial charge in [-0.05, 0) is 68.7 Å². The van der Waals surface area contributed by atoms with Gasteiger partial charge < -0.3 is 14.4 Å². The summed E-state index contributed by atoms with van der Waals surface area (Å²) in [6, 6.07) is 11.3. The van der Waals surface area contributed by atoms with Gasteiger partial charge in [-0.3, -0.25) is 4.79 Å². The number of amides is 1. The molecule has 0 saturated heterocycles. The van der Waals surface area contributed by atoms with E-state index in [2.05, 4.69) is 52.5 Å². The predicted molar refractivity (Wildman–Crippen MR) is 150 cm³/mol. The number of benzene rings is 1. The smallest absolute Gasteiger partial charge is 0.256 e. The summed E-state index contributed by atoms with van der Waals surface area (Å²) in [4.78, 5) is 20.4. The molecule has 2 heterocycles. The first-order chi connectivity index (χ1) is 18.6. The Labute approximate surface area is 232 Å². The van der Waals surface area contributed by atoms with E-state index >= 15 is 0 Å². The Bertz CT molecular complexity index is 1350. The molecule has 5 rings (SSSR count). The normalized spacial score (nSPS) is 26.5. The van der Waals surface area contributed by atoms with Crippen LogP contribution in [0, 0.1) is 45.8 Å². The van der Waals surface area contributed by atoms with Crippen molar-refractivity contribution < 1.29 is 14.3 Å². The number of nitriles is 1. The lowest BCUT2D eigenvalue weighted by molar-refractivity contribution is -0.199. The molecule has 0 radical (unpaired) electrons. The van der Waals surface area contributed by atoms with Crippen molar-refractivity contribution in [2.75, 3.05) is 6.61 Å². The number of hydrogen-bond acceptors (Lipinski definition) is 5. The van der Waals surface area contributed by atoms with Gasteiger partial charge in [-0.2, -0.15) is 5.26 Å². The lowest BCUT2D eigenvalue weighted by Gasteiger charge is -2.65.